The van der Waals surface area contributed by atoms with Crippen molar-refractivity contribution in [3.63, 3.8) is 0 Å². The number of hydrogen-bond donors (Lipinski definition) is 1. The minimum absolute atomic E-state index is 0.0305. The van der Waals surface area contributed by atoms with Crippen molar-refractivity contribution in [2.24, 2.45) is 5.92 Å². The van der Waals surface area contributed by atoms with E-state index >= 15 is 0 Å². The molecule has 1 aromatic rings. The van der Waals surface area contributed by atoms with E-state index in [1.54, 1.807) is 6.92 Å². The average Bonchev–Trinajstić information content (AvgIpc) is 2.57. The molecule has 0 aliphatic heterocycles. The fraction of sp³-hybridized carbons (Fsp3) is 0.545. The Kier molecular flexibility index (Phi) is 3.99. The van der Waals surface area contributed by atoms with E-state index in [4.69, 9.17) is 10.7 Å². The topological polar surface area (TPSA) is 63.2 Å². The summed E-state index contributed by atoms with van der Waals surface area (Å²) in [4.78, 5) is 12.8. The Bertz CT molecular complexity index is 561. The number of hydrogen-bond acceptors (Lipinski definition) is 4. The van der Waals surface area contributed by atoms with Crippen LogP contribution in [-0.2, 0) is 9.05 Å². The summed E-state index contributed by atoms with van der Waals surface area (Å²) in [6, 6.07) is 1.35. The summed E-state index contributed by atoms with van der Waals surface area (Å²) in [5.74, 6) is 0.354. The van der Waals surface area contributed by atoms with E-state index in [2.05, 4.69) is 5.32 Å². The minimum Gasteiger partial charge on any atom is -0.351 e. The van der Waals surface area contributed by atoms with Crippen LogP contribution in [0.4, 0.5) is 0 Å². The van der Waals surface area contributed by atoms with Crippen LogP contribution in [0.3, 0.4) is 0 Å². The molecule has 1 N–H and O–H groups in total. The third kappa shape index (κ3) is 3.05. The summed E-state index contributed by atoms with van der Waals surface area (Å²) >= 11 is 1.15. The molecule has 18 heavy (non-hydrogen) atoms. The maximum atomic E-state index is 11.8. The molecule has 100 valence electrons. The van der Waals surface area contributed by atoms with Crippen LogP contribution < -0.4 is 5.32 Å². The van der Waals surface area contributed by atoms with E-state index in [0.717, 1.165) is 24.2 Å². The number of rotatable bonds is 4. The van der Waals surface area contributed by atoms with Crippen molar-refractivity contribution < 1.29 is 13.2 Å². The minimum atomic E-state index is -3.77. The van der Waals surface area contributed by atoms with Crippen molar-refractivity contribution in [1.29, 1.82) is 0 Å². The largest absolute Gasteiger partial charge is 0.351 e. The fourth-order valence-corrected chi connectivity index (χ4v) is 4.42. The summed E-state index contributed by atoms with van der Waals surface area (Å²) in [5.41, 5.74) is 0. The molecule has 1 heterocycles. The molecule has 0 unspecified atom stereocenters. The molecule has 2 rings (SSSR count). The molecule has 1 fully saturated rings. The molecule has 0 spiro atoms. The lowest BCUT2D eigenvalue weighted by Crippen LogP contribution is -2.31. The average molecular weight is 308 g/mol. The van der Waals surface area contributed by atoms with Crippen molar-refractivity contribution >= 4 is 37.0 Å². The first-order valence-electron chi connectivity index (χ1n) is 5.71. The molecule has 0 atom stereocenters. The highest BCUT2D eigenvalue weighted by Gasteiger charge is 2.22. The van der Waals surface area contributed by atoms with Crippen molar-refractivity contribution in [1.82, 2.24) is 5.32 Å². The third-order valence-electron chi connectivity index (χ3n) is 3.13. The van der Waals surface area contributed by atoms with Crippen molar-refractivity contribution in [3.05, 3.63) is 15.8 Å². The van der Waals surface area contributed by atoms with Gasteiger partial charge in [0.25, 0.3) is 15.0 Å². The van der Waals surface area contributed by atoms with Crippen LogP contribution in [0.15, 0.2) is 11.0 Å². The van der Waals surface area contributed by atoms with Gasteiger partial charge < -0.3 is 5.32 Å². The van der Waals surface area contributed by atoms with Crippen LogP contribution in [0, 0.1) is 12.8 Å². The lowest BCUT2D eigenvalue weighted by molar-refractivity contribution is 0.0943. The standard InChI is InChI=1S/C11H14ClNO3S2/c1-7-10(18(12,15)16)5-9(17-7)11(14)13-6-8-3-2-4-8/h5,8H,2-4,6H2,1H3,(H,13,14). The van der Waals surface area contributed by atoms with Gasteiger partial charge in [-0.3, -0.25) is 4.79 Å². The SMILES string of the molecule is Cc1sc(C(=O)NCC2CCC2)cc1S(=O)(=O)Cl. The zero-order valence-corrected chi connectivity index (χ0v) is 12.3. The summed E-state index contributed by atoms with van der Waals surface area (Å²) in [6.45, 7) is 2.31. The monoisotopic (exact) mass is 307 g/mol. The van der Waals surface area contributed by atoms with Gasteiger partial charge in [-0.25, -0.2) is 8.42 Å². The summed E-state index contributed by atoms with van der Waals surface area (Å²) in [5, 5.41) is 2.83. The van der Waals surface area contributed by atoms with E-state index in [1.807, 2.05) is 0 Å². The molecule has 0 radical (unpaired) electrons. The molecule has 1 aliphatic rings. The molecule has 0 saturated heterocycles. The second kappa shape index (κ2) is 5.19. The normalized spacial score (nSPS) is 16.3. The first kappa shape index (κ1) is 13.8. The van der Waals surface area contributed by atoms with Gasteiger partial charge in [0.1, 0.15) is 0 Å². The molecular formula is C11H14ClNO3S2. The Hall–Kier alpha value is -0.590. The Morgan fingerprint density at radius 2 is 2.22 bits per heavy atom. The number of thiophene rings is 1. The van der Waals surface area contributed by atoms with Crippen LogP contribution in [-0.4, -0.2) is 20.9 Å². The van der Waals surface area contributed by atoms with Crippen LogP contribution in [0.5, 0.6) is 0 Å². The number of nitrogens with one attached hydrogen (secondary N) is 1. The molecule has 1 aliphatic carbocycles. The number of carbonyl (C=O) groups excluding carboxylic acids is 1. The molecule has 7 heteroatoms. The van der Waals surface area contributed by atoms with Gasteiger partial charge in [0.05, 0.1) is 9.77 Å². The van der Waals surface area contributed by atoms with Gasteiger partial charge in [-0.05, 0) is 31.7 Å². The first-order valence-corrected chi connectivity index (χ1v) is 8.84. The van der Waals surface area contributed by atoms with Gasteiger partial charge in [0, 0.05) is 22.1 Å². The second-order valence-electron chi connectivity index (χ2n) is 4.48. The number of carbonyl (C=O) groups is 1. The predicted molar refractivity (Wildman–Crippen MR) is 71.8 cm³/mol. The Morgan fingerprint density at radius 1 is 1.56 bits per heavy atom. The second-order valence-corrected chi connectivity index (χ2v) is 8.27. The third-order valence-corrected chi connectivity index (χ3v) is 5.76. The van der Waals surface area contributed by atoms with Gasteiger partial charge in [0.15, 0.2) is 0 Å². The lowest BCUT2D eigenvalue weighted by Gasteiger charge is -2.25. The van der Waals surface area contributed by atoms with Crippen LogP contribution in [0.25, 0.3) is 0 Å². The summed E-state index contributed by atoms with van der Waals surface area (Å²) < 4.78 is 22.5. The fourth-order valence-electron chi connectivity index (χ4n) is 1.84. The van der Waals surface area contributed by atoms with Gasteiger partial charge >= 0.3 is 0 Å². The molecule has 4 nitrogen and oxygen atoms in total. The maximum Gasteiger partial charge on any atom is 0.262 e. The van der Waals surface area contributed by atoms with E-state index < -0.39 is 9.05 Å². The van der Waals surface area contributed by atoms with Gasteiger partial charge in [-0.2, -0.15) is 0 Å². The molecule has 1 aromatic heterocycles. The van der Waals surface area contributed by atoms with Crippen LogP contribution >= 0.6 is 22.0 Å². The van der Waals surface area contributed by atoms with E-state index in [0.29, 0.717) is 22.2 Å². The number of halogens is 1. The van der Waals surface area contributed by atoms with Crippen LogP contribution in [0.1, 0.15) is 33.8 Å². The highest BCUT2D eigenvalue weighted by molar-refractivity contribution is 8.13. The van der Waals surface area contributed by atoms with Crippen molar-refractivity contribution in [3.8, 4) is 0 Å². The van der Waals surface area contributed by atoms with Gasteiger partial charge in [0.2, 0.25) is 0 Å². The maximum absolute atomic E-state index is 11.8. The molecule has 1 saturated carbocycles. The smallest absolute Gasteiger partial charge is 0.262 e. The molecule has 0 bridgehead atoms. The predicted octanol–water partition coefficient (Wildman–Crippen LogP) is 2.51. The van der Waals surface area contributed by atoms with Crippen molar-refractivity contribution in [2.75, 3.05) is 6.54 Å². The Morgan fingerprint density at radius 3 is 2.67 bits per heavy atom. The van der Waals surface area contributed by atoms with Crippen molar-refractivity contribution in [2.45, 2.75) is 31.1 Å². The quantitative estimate of drug-likeness (QED) is 0.869. The molecule has 1 amide bonds. The van der Waals surface area contributed by atoms with Gasteiger partial charge in [-0.1, -0.05) is 6.42 Å². The summed E-state index contributed by atoms with van der Waals surface area (Å²) in [6.07, 6.45) is 3.55. The van der Waals surface area contributed by atoms with E-state index in [1.165, 1.54) is 12.5 Å². The summed E-state index contributed by atoms with van der Waals surface area (Å²) in [7, 11) is 1.52. The number of aryl methyl sites for hydroxylation is 1. The number of amides is 1. The zero-order chi connectivity index (χ0) is 13.3. The Balaban J connectivity index is 2.06. The lowest BCUT2D eigenvalue weighted by atomic mass is 9.85. The Labute approximate surface area is 115 Å². The molecular weight excluding hydrogens is 294 g/mol. The highest BCUT2D eigenvalue weighted by atomic mass is 35.7. The molecule has 0 aromatic carbocycles. The van der Waals surface area contributed by atoms with Gasteiger partial charge in [-0.15, -0.1) is 11.3 Å². The highest BCUT2D eigenvalue weighted by Crippen LogP contribution is 2.29. The zero-order valence-electron chi connectivity index (χ0n) is 9.90. The van der Waals surface area contributed by atoms with E-state index in [9.17, 15) is 13.2 Å². The van der Waals surface area contributed by atoms with E-state index in [-0.39, 0.29) is 10.8 Å². The van der Waals surface area contributed by atoms with Crippen LogP contribution in [0.2, 0.25) is 0 Å². The first-order chi connectivity index (χ1) is 8.38.